The van der Waals surface area contributed by atoms with Crippen LogP contribution >= 0.6 is 23.2 Å². The van der Waals surface area contributed by atoms with Gasteiger partial charge in [0.25, 0.3) is 21.7 Å². The predicted octanol–water partition coefficient (Wildman–Crippen LogP) is 3.70. The van der Waals surface area contributed by atoms with Crippen LogP contribution in [0.4, 0.5) is 13.2 Å². The number of oxime groups is 1. The highest BCUT2D eigenvalue weighted by molar-refractivity contribution is 7.86. The van der Waals surface area contributed by atoms with E-state index in [1.54, 1.807) is 13.0 Å². The smallest absolute Gasteiger partial charge is 0.374 e. The number of allylic oxidation sites excluding steroid dienone is 3. The molecule has 1 saturated heterocycles. The molecule has 1 aromatic rings. The van der Waals surface area contributed by atoms with Gasteiger partial charge in [-0.05, 0) is 54.3 Å². The molecule has 1 aromatic carbocycles. The monoisotopic (exact) mass is 580 g/mol. The second kappa shape index (κ2) is 9.88. The van der Waals surface area contributed by atoms with Crippen molar-refractivity contribution < 1.29 is 31.2 Å². The molecule has 1 fully saturated rings. The lowest BCUT2D eigenvalue weighted by molar-refractivity contribution is -0.253. The second-order valence-corrected chi connectivity index (χ2v) is 12.5. The van der Waals surface area contributed by atoms with Crippen LogP contribution in [-0.4, -0.2) is 79.0 Å². The molecule has 3 aliphatic rings. The van der Waals surface area contributed by atoms with Crippen molar-refractivity contribution in [2.24, 2.45) is 5.16 Å². The zero-order chi connectivity index (χ0) is 27.3. The summed E-state index contributed by atoms with van der Waals surface area (Å²) >= 11 is 12.1. The molecule has 1 unspecified atom stereocenters. The molecule has 2 aliphatic heterocycles. The average Bonchev–Trinajstić information content (AvgIpc) is 3.22. The van der Waals surface area contributed by atoms with Gasteiger partial charge in [0.2, 0.25) is 0 Å². The highest BCUT2D eigenvalue weighted by Crippen LogP contribution is 2.49. The van der Waals surface area contributed by atoms with E-state index in [2.05, 4.69) is 10.5 Å². The van der Waals surface area contributed by atoms with Crippen molar-refractivity contribution in [3.05, 3.63) is 57.6 Å². The van der Waals surface area contributed by atoms with Gasteiger partial charge in [0.1, 0.15) is 0 Å². The maximum Gasteiger partial charge on any atom is 0.435 e. The van der Waals surface area contributed by atoms with Gasteiger partial charge in [-0.15, -0.1) is 11.6 Å². The Kier molecular flexibility index (Phi) is 7.45. The van der Waals surface area contributed by atoms with E-state index in [4.69, 9.17) is 28.0 Å². The van der Waals surface area contributed by atoms with Crippen molar-refractivity contribution in [2.45, 2.75) is 43.0 Å². The Hall–Kier alpha value is -2.12. The number of nitrogens with one attached hydrogen (secondary N) is 1. The van der Waals surface area contributed by atoms with Crippen LogP contribution in [0.3, 0.4) is 0 Å². The van der Waals surface area contributed by atoms with Crippen molar-refractivity contribution in [1.29, 1.82) is 0 Å². The second-order valence-electron chi connectivity index (χ2n) is 9.38. The maximum atomic E-state index is 14.3. The number of benzene rings is 1. The van der Waals surface area contributed by atoms with Gasteiger partial charge in [0.05, 0.1) is 17.1 Å². The first kappa shape index (κ1) is 27.9. The Balaban J connectivity index is 1.47. The lowest BCUT2D eigenvalue weighted by atomic mass is 9.82. The summed E-state index contributed by atoms with van der Waals surface area (Å²) in [5, 5.41) is 5.94. The molecule has 0 spiro atoms. The molecule has 1 aliphatic carbocycles. The molecule has 2 heterocycles. The molecule has 2 atom stereocenters. The van der Waals surface area contributed by atoms with Crippen LogP contribution in [0.5, 0.6) is 0 Å². The first-order valence-electron chi connectivity index (χ1n) is 11.3. The summed E-state index contributed by atoms with van der Waals surface area (Å²) in [6, 6.07) is 4.22. The number of aryl methyl sites for hydroxylation is 1. The van der Waals surface area contributed by atoms with E-state index in [0.717, 1.165) is 4.31 Å². The lowest BCUT2D eigenvalue weighted by Gasteiger charge is -2.39. The van der Waals surface area contributed by atoms with Crippen LogP contribution in [0, 0.1) is 6.92 Å². The van der Waals surface area contributed by atoms with Crippen molar-refractivity contribution in [3.63, 3.8) is 0 Å². The molecule has 0 aromatic heterocycles. The van der Waals surface area contributed by atoms with Crippen LogP contribution in [0.25, 0.3) is 0 Å². The highest BCUT2D eigenvalue weighted by atomic mass is 35.5. The molecule has 8 nitrogen and oxygen atoms in total. The maximum absolute atomic E-state index is 14.3. The summed E-state index contributed by atoms with van der Waals surface area (Å²) < 4.78 is 69.3. The Labute approximate surface area is 222 Å². The quantitative estimate of drug-likeness (QED) is 0.519. The van der Waals surface area contributed by atoms with Gasteiger partial charge in [-0.25, -0.2) is 0 Å². The summed E-state index contributed by atoms with van der Waals surface area (Å²) in [6.45, 7) is 1.95. The number of alkyl halides is 4. The minimum atomic E-state index is -4.78. The fraction of sp³-hybridized carbons (Fsp3) is 0.478. The van der Waals surface area contributed by atoms with E-state index in [1.807, 2.05) is 0 Å². The molecule has 202 valence electrons. The third kappa shape index (κ3) is 5.26. The zero-order valence-corrected chi connectivity index (χ0v) is 22.5. The minimum Gasteiger partial charge on any atom is -0.374 e. The standard InChI is InChI=1S/C23H25Cl2F3N4O4S/c1-13-6-14(4-5-19(13)21(33)29-18-11-32(12-18)37(34,35)31(2)3)20-10-22(36-30-20,23(26,27)28)15-7-16(24)9-17(25)8-15/h4-7,9,17-18H,8,10-12H2,1-3H3,(H,29,33)/t17?,22-/m0/s1. The molecule has 14 heteroatoms. The molecule has 4 rings (SSSR count). The van der Waals surface area contributed by atoms with Crippen molar-refractivity contribution in [2.75, 3.05) is 27.2 Å². The number of amides is 1. The molecular weight excluding hydrogens is 556 g/mol. The molecule has 0 saturated carbocycles. The number of nitrogens with zero attached hydrogens (tertiary/aromatic N) is 3. The molecular formula is C23H25Cl2F3N4O4S. The summed E-state index contributed by atoms with van der Waals surface area (Å²) in [5.74, 6) is -0.410. The summed E-state index contributed by atoms with van der Waals surface area (Å²) in [6.07, 6.45) is -2.76. The van der Waals surface area contributed by atoms with E-state index in [9.17, 15) is 26.4 Å². The van der Waals surface area contributed by atoms with E-state index in [0.29, 0.717) is 16.7 Å². The van der Waals surface area contributed by atoms with Gasteiger partial charge in [0, 0.05) is 44.2 Å². The average molecular weight is 581 g/mol. The van der Waals surface area contributed by atoms with Crippen LogP contribution in [0.1, 0.15) is 34.3 Å². The molecule has 0 bridgehead atoms. The van der Waals surface area contributed by atoms with Gasteiger partial charge in [-0.1, -0.05) is 22.8 Å². The van der Waals surface area contributed by atoms with Crippen LogP contribution < -0.4 is 5.32 Å². The van der Waals surface area contributed by atoms with Crippen LogP contribution in [0.2, 0.25) is 0 Å². The van der Waals surface area contributed by atoms with Crippen LogP contribution in [-0.2, 0) is 15.0 Å². The molecule has 0 radical (unpaired) electrons. The van der Waals surface area contributed by atoms with E-state index >= 15 is 0 Å². The fourth-order valence-corrected chi connectivity index (χ4v) is 6.25. The minimum absolute atomic E-state index is 0.0774. The SMILES string of the molecule is Cc1cc(C2=NO[C@@](C3=CC(Cl)=CC(Cl)C3)(C(F)(F)F)C2)ccc1C(=O)NC1CN(S(=O)(=O)N(C)C)C1. The van der Waals surface area contributed by atoms with Gasteiger partial charge in [-0.3, -0.25) is 4.79 Å². The zero-order valence-electron chi connectivity index (χ0n) is 20.1. The molecule has 1 N–H and O–H groups in total. The van der Waals surface area contributed by atoms with E-state index < -0.39 is 39.7 Å². The van der Waals surface area contributed by atoms with Gasteiger partial charge in [0.15, 0.2) is 0 Å². The number of rotatable bonds is 6. The third-order valence-corrected chi connectivity index (χ3v) is 8.94. The number of halogens is 5. The number of carbonyl (C=O) groups is 1. The van der Waals surface area contributed by atoms with Gasteiger partial charge < -0.3 is 10.2 Å². The van der Waals surface area contributed by atoms with Crippen LogP contribution in [0.15, 0.2) is 46.1 Å². The first-order valence-corrected chi connectivity index (χ1v) is 13.5. The van der Waals surface area contributed by atoms with Gasteiger partial charge >= 0.3 is 6.18 Å². The lowest BCUT2D eigenvalue weighted by Crippen LogP contribution is -2.62. The van der Waals surface area contributed by atoms with Crippen molar-refractivity contribution in [3.8, 4) is 0 Å². The van der Waals surface area contributed by atoms with E-state index in [1.165, 1.54) is 42.7 Å². The fourth-order valence-electron chi connectivity index (χ4n) is 4.40. The Morgan fingerprint density at radius 3 is 2.54 bits per heavy atom. The molecule has 37 heavy (non-hydrogen) atoms. The molecule has 1 amide bonds. The van der Waals surface area contributed by atoms with Crippen molar-refractivity contribution in [1.82, 2.24) is 13.9 Å². The van der Waals surface area contributed by atoms with E-state index in [-0.39, 0.29) is 41.9 Å². The number of carbonyl (C=O) groups excluding carboxylic acids is 1. The highest BCUT2D eigenvalue weighted by Gasteiger charge is 2.63. The topological polar surface area (TPSA) is 91.3 Å². The predicted molar refractivity (Wildman–Crippen MR) is 134 cm³/mol. The number of hydrogen-bond acceptors (Lipinski definition) is 5. The Bertz CT molecular complexity index is 1310. The summed E-state index contributed by atoms with van der Waals surface area (Å²) in [5.41, 5.74) is -1.50. The largest absolute Gasteiger partial charge is 0.435 e. The van der Waals surface area contributed by atoms with Gasteiger partial charge in [-0.2, -0.15) is 30.2 Å². The normalized spacial score (nSPS) is 25.2. The van der Waals surface area contributed by atoms with Crippen molar-refractivity contribution >= 4 is 45.0 Å². The summed E-state index contributed by atoms with van der Waals surface area (Å²) in [4.78, 5) is 17.8. The number of hydrogen-bond donors (Lipinski definition) is 1. The summed E-state index contributed by atoms with van der Waals surface area (Å²) in [7, 11) is -0.687. The Morgan fingerprint density at radius 2 is 1.97 bits per heavy atom. The first-order chi connectivity index (χ1) is 17.1. The Morgan fingerprint density at radius 1 is 1.30 bits per heavy atom. The third-order valence-electron chi connectivity index (χ3n) is 6.55.